The Morgan fingerprint density at radius 2 is 2.20 bits per heavy atom. The third kappa shape index (κ3) is 3.36. The first-order chi connectivity index (χ1) is 7.02. The van der Waals surface area contributed by atoms with Crippen molar-refractivity contribution in [2.24, 2.45) is 11.7 Å². The highest BCUT2D eigenvalue weighted by molar-refractivity contribution is 7.80. The van der Waals surface area contributed by atoms with Crippen LogP contribution < -0.4 is 11.1 Å². The van der Waals surface area contributed by atoms with Crippen molar-refractivity contribution >= 4 is 34.5 Å². The van der Waals surface area contributed by atoms with Crippen LogP contribution in [0.2, 0.25) is 5.02 Å². The van der Waals surface area contributed by atoms with E-state index in [1.807, 2.05) is 12.1 Å². The molecule has 82 valence electrons. The topological polar surface area (TPSA) is 38.0 Å². The van der Waals surface area contributed by atoms with Crippen LogP contribution in [0.4, 0.5) is 5.69 Å². The van der Waals surface area contributed by atoms with Gasteiger partial charge in [0.2, 0.25) is 0 Å². The molecule has 0 aliphatic heterocycles. The molecule has 15 heavy (non-hydrogen) atoms. The summed E-state index contributed by atoms with van der Waals surface area (Å²) in [5.41, 5.74) is 7.27. The fourth-order valence-corrected chi connectivity index (χ4v) is 1.79. The molecular formula is C11H15ClN2S. The quantitative estimate of drug-likeness (QED) is 0.798. The van der Waals surface area contributed by atoms with Crippen molar-refractivity contribution in [1.82, 2.24) is 0 Å². The Hall–Kier alpha value is -0.800. The molecule has 0 spiro atoms. The van der Waals surface area contributed by atoms with Gasteiger partial charge < -0.3 is 11.1 Å². The molecule has 0 aliphatic carbocycles. The Labute approximate surface area is 101 Å². The van der Waals surface area contributed by atoms with E-state index in [1.165, 1.54) is 0 Å². The second kappa shape index (κ2) is 5.33. The predicted octanol–water partition coefficient (Wildman–Crippen LogP) is 3.04. The van der Waals surface area contributed by atoms with Crippen molar-refractivity contribution in [3.05, 3.63) is 28.8 Å². The lowest BCUT2D eigenvalue weighted by Crippen LogP contribution is -2.16. The Balaban J connectivity index is 2.96. The first-order valence-electron chi connectivity index (χ1n) is 4.84. The zero-order valence-corrected chi connectivity index (χ0v) is 10.5. The van der Waals surface area contributed by atoms with Gasteiger partial charge in [-0.2, -0.15) is 0 Å². The van der Waals surface area contributed by atoms with E-state index in [9.17, 15) is 0 Å². The van der Waals surface area contributed by atoms with Gasteiger partial charge in [-0.25, -0.2) is 0 Å². The number of thiocarbonyl (C=S) groups is 1. The number of halogens is 1. The summed E-state index contributed by atoms with van der Waals surface area (Å²) in [7, 11) is 0. The van der Waals surface area contributed by atoms with E-state index < -0.39 is 0 Å². The summed E-state index contributed by atoms with van der Waals surface area (Å²) in [6, 6.07) is 5.60. The molecular weight excluding hydrogens is 228 g/mol. The van der Waals surface area contributed by atoms with Gasteiger partial charge in [-0.05, 0) is 18.1 Å². The van der Waals surface area contributed by atoms with Gasteiger partial charge in [0.1, 0.15) is 4.99 Å². The van der Waals surface area contributed by atoms with Crippen LogP contribution in [0.1, 0.15) is 19.4 Å². The van der Waals surface area contributed by atoms with Crippen molar-refractivity contribution < 1.29 is 0 Å². The second-order valence-corrected chi connectivity index (χ2v) is 4.65. The van der Waals surface area contributed by atoms with Crippen LogP contribution in [0.3, 0.4) is 0 Å². The first-order valence-corrected chi connectivity index (χ1v) is 5.63. The lowest BCUT2D eigenvalue weighted by atomic mass is 10.1. The number of hydrogen-bond donors (Lipinski definition) is 2. The summed E-state index contributed by atoms with van der Waals surface area (Å²) in [6.45, 7) is 5.14. The highest BCUT2D eigenvalue weighted by Gasteiger charge is 2.09. The molecule has 0 unspecified atom stereocenters. The Morgan fingerprint density at radius 1 is 1.53 bits per heavy atom. The average molecular weight is 243 g/mol. The lowest BCUT2D eigenvalue weighted by Gasteiger charge is -2.13. The molecule has 1 aromatic carbocycles. The third-order valence-corrected chi connectivity index (χ3v) is 2.48. The van der Waals surface area contributed by atoms with E-state index in [-0.39, 0.29) is 0 Å². The summed E-state index contributed by atoms with van der Waals surface area (Å²) < 4.78 is 0. The molecule has 0 amide bonds. The van der Waals surface area contributed by atoms with Crippen LogP contribution in [0, 0.1) is 5.92 Å². The SMILES string of the molecule is CC(C)CNc1cccc(Cl)c1C(N)=S. The maximum atomic E-state index is 6.03. The van der Waals surface area contributed by atoms with Gasteiger partial charge in [-0.15, -0.1) is 0 Å². The van der Waals surface area contributed by atoms with Gasteiger partial charge in [0.05, 0.1) is 10.6 Å². The molecule has 0 fully saturated rings. The molecule has 0 atom stereocenters. The van der Waals surface area contributed by atoms with Crippen molar-refractivity contribution in [2.75, 3.05) is 11.9 Å². The van der Waals surface area contributed by atoms with E-state index in [0.717, 1.165) is 17.8 Å². The minimum absolute atomic E-state index is 0.326. The molecule has 0 aliphatic rings. The molecule has 0 heterocycles. The maximum absolute atomic E-state index is 6.03. The zero-order chi connectivity index (χ0) is 11.4. The highest BCUT2D eigenvalue weighted by Crippen LogP contribution is 2.24. The fraction of sp³-hybridized carbons (Fsp3) is 0.364. The molecule has 4 heteroatoms. The molecule has 0 radical (unpaired) electrons. The molecule has 0 saturated heterocycles. The largest absolute Gasteiger partial charge is 0.389 e. The molecule has 2 nitrogen and oxygen atoms in total. The number of benzene rings is 1. The van der Waals surface area contributed by atoms with E-state index in [4.69, 9.17) is 29.6 Å². The van der Waals surface area contributed by atoms with Crippen LogP contribution in [-0.4, -0.2) is 11.5 Å². The normalized spacial score (nSPS) is 10.4. The fourth-order valence-electron chi connectivity index (χ4n) is 1.24. The molecule has 3 N–H and O–H groups in total. The first kappa shape index (κ1) is 12.3. The smallest absolute Gasteiger partial charge is 0.107 e. The number of anilines is 1. The van der Waals surface area contributed by atoms with Crippen molar-refractivity contribution in [3.8, 4) is 0 Å². The van der Waals surface area contributed by atoms with Gasteiger partial charge in [0.15, 0.2) is 0 Å². The van der Waals surface area contributed by atoms with Gasteiger partial charge in [-0.1, -0.05) is 43.7 Å². The Morgan fingerprint density at radius 3 is 2.73 bits per heavy atom. The van der Waals surface area contributed by atoms with Gasteiger partial charge in [0.25, 0.3) is 0 Å². The summed E-state index contributed by atoms with van der Waals surface area (Å²) in [6.07, 6.45) is 0. The summed E-state index contributed by atoms with van der Waals surface area (Å²) in [5.74, 6) is 0.558. The Kier molecular flexibility index (Phi) is 4.36. The molecule has 0 aromatic heterocycles. The molecule has 0 saturated carbocycles. The van der Waals surface area contributed by atoms with Gasteiger partial charge in [0, 0.05) is 12.2 Å². The minimum atomic E-state index is 0.326. The van der Waals surface area contributed by atoms with E-state index in [1.54, 1.807) is 6.07 Å². The van der Waals surface area contributed by atoms with E-state index in [0.29, 0.717) is 15.9 Å². The maximum Gasteiger partial charge on any atom is 0.107 e. The lowest BCUT2D eigenvalue weighted by molar-refractivity contribution is 0.689. The van der Waals surface area contributed by atoms with E-state index >= 15 is 0 Å². The third-order valence-electron chi connectivity index (χ3n) is 1.96. The number of nitrogens with two attached hydrogens (primary N) is 1. The standard InChI is InChI=1S/C11H15ClN2S/c1-7(2)6-14-9-5-3-4-8(12)10(9)11(13)15/h3-5,7,14H,6H2,1-2H3,(H2,13,15). The van der Waals surface area contributed by atoms with Crippen LogP contribution >= 0.6 is 23.8 Å². The van der Waals surface area contributed by atoms with Crippen molar-refractivity contribution in [2.45, 2.75) is 13.8 Å². The number of nitrogens with one attached hydrogen (secondary N) is 1. The monoisotopic (exact) mass is 242 g/mol. The summed E-state index contributed by atoms with van der Waals surface area (Å²) in [5, 5.41) is 3.88. The summed E-state index contributed by atoms with van der Waals surface area (Å²) in [4.78, 5) is 0.326. The second-order valence-electron chi connectivity index (χ2n) is 3.80. The molecule has 0 bridgehead atoms. The van der Waals surface area contributed by atoms with Crippen molar-refractivity contribution in [1.29, 1.82) is 0 Å². The molecule has 1 rings (SSSR count). The summed E-state index contributed by atoms with van der Waals surface area (Å²) >= 11 is 11.0. The van der Waals surface area contributed by atoms with Crippen LogP contribution in [-0.2, 0) is 0 Å². The highest BCUT2D eigenvalue weighted by atomic mass is 35.5. The van der Waals surface area contributed by atoms with Gasteiger partial charge in [-0.3, -0.25) is 0 Å². The van der Waals surface area contributed by atoms with E-state index in [2.05, 4.69) is 19.2 Å². The van der Waals surface area contributed by atoms with Crippen LogP contribution in [0.15, 0.2) is 18.2 Å². The van der Waals surface area contributed by atoms with Crippen LogP contribution in [0.5, 0.6) is 0 Å². The van der Waals surface area contributed by atoms with Crippen LogP contribution in [0.25, 0.3) is 0 Å². The predicted molar refractivity (Wildman–Crippen MR) is 70.7 cm³/mol. The number of hydrogen-bond acceptors (Lipinski definition) is 2. The number of rotatable bonds is 4. The molecule has 1 aromatic rings. The minimum Gasteiger partial charge on any atom is -0.389 e. The average Bonchev–Trinajstić information content (AvgIpc) is 2.13. The zero-order valence-electron chi connectivity index (χ0n) is 8.88. The van der Waals surface area contributed by atoms with Crippen molar-refractivity contribution in [3.63, 3.8) is 0 Å². The van der Waals surface area contributed by atoms with Gasteiger partial charge >= 0.3 is 0 Å². The Bertz CT molecular complexity index is 364.